The Hall–Kier alpha value is -1.74. The van der Waals surface area contributed by atoms with Gasteiger partial charge in [-0.15, -0.1) is 0 Å². The third-order valence-corrected chi connectivity index (χ3v) is 2.62. The Morgan fingerprint density at radius 3 is 2.71 bits per heavy atom. The topological polar surface area (TPSA) is 34.1 Å². The molecule has 0 radical (unpaired) electrons. The zero-order valence-electron chi connectivity index (χ0n) is 9.48. The zero-order chi connectivity index (χ0) is 12.1. The number of hydrogen-bond acceptors (Lipinski definition) is 3. The summed E-state index contributed by atoms with van der Waals surface area (Å²) in [5.41, 5.74) is 1.00. The summed E-state index contributed by atoms with van der Waals surface area (Å²) in [6.07, 6.45) is 1.78. The summed E-state index contributed by atoms with van der Waals surface area (Å²) >= 11 is 5.99. The van der Waals surface area contributed by atoms with Crippen LogP contribution in [-0.2, 0) is 6.61 Å². The molecule has 0 saturated carbocycles. The van der Waals surface area contributed by atoms with Gasteiger partial charge >= 0.3 is 0 Å². The van der Waals surface area contributed by atoms with Crippen molar-refractivity contribution in [2.75, 3.05) is 12.4 Å². The third kappa shape index (κ3) is 3.11. The van der Waals surface area contributed by atoms with Gasteiger partial charge in [0.1, 0.15) is 18.2 Å². The maximum absolute atomic E-state index is 5.99. The molecule has 4 heteroatoms. The van der Waals surface area contributed by atoms with Crippen LogP contribution in [0.15, 0.2) is 42.6 Å². The van der Waals surface area contributed by atoms with Crippen molar-refractivity contribution in [1.82, 2.24) is 4.98 Å². The molecule has 2 rings (SSSR count). The second-order valence-corrected chi connectivity index (χ2v) is 3.93. The highest BCUT2D eigenvalue weighted by molar-refractivity contribution is 6.32. The normalized spacial score (nSPS) is 10.0. The van der Waals surface area contributed by atoms with Gasteiger partial charge in [0.05, 0.1) is 5.02 Å². The van der Waals surface area contributed by atoms with E-state index in [2.05, 4.69) is 10.3 Å². The molecule has 0 aliphatic rings. The van der Waals surface area contributed by atoms with Gasteiger partial charge in [-0.25, -0.2) is 4.98 Å². The number of rotatable bonds is 4. The molecule has 1 aromatic heterocycles. The molecule has 88 valence electrons. The molecule has 0 aliphatic carbocycles. The lowest BCUT2D eigenvalue weighted by Gasteiger charge is -2.07. The Morgan fingerprint density at radius 2 is 2.06 bits per heavy atom. The van der Waals surface area contributed by atoms with Crippen molar-refractivity contribution in [1.29, 1.82) is 0 Å². The number of para-hydroxylation sites is 1. The number of pyridine rings is 1. The highest BCUT2D eigenvalue weighted by Gasteiger charge is 2.00. The number of nitrogens with zero attached hydrogens (tertiary/aromatic N) is 1. The van der Waals surface area contributed by atoms with Crippen LogP contribution in [-0.4, -0.2) is 12.0 Å². The molecule has 3 nitrogen and oxygen atoms in total. The lowest BCUT2D eigenvalue weighted by molar-refractivity contribution is 0.306. The van der Waals surface area contributed by atoms with Crippen LogP contribution in [0, 0.1) is 0 Å². The molecule has 0 saturated heterocycles. The molecular weight excluding hydrogens is 236 g/mol. The maximum atomic E-state index is 5.99. The number of halogens is 1. The van der Waals surface area contributed by atoms with Crippen molar-refractivity contribution in [2.45, 2.75) is 6.61 Å². The molecule has 2 aromatic rings. The van der Waals surface area contributed by atoms with Crippen LogP contribution in [0.3, 0.4) is 0 Å². The van der Waals surface area contributed by atoms with E-state index in [1.165, 1.54) is 0 Å². The Bertz CT molecular complexity index is 485. The molecule has 0 atom stereocenters. The first-order chi connectivity index (χ1) is 8.29. The van der Waals surface area contributed by atoms with E-state index in [-0.39, 0.29) is 0 Å². The Morgan fingerprint density at radius 1 is 1.24 bits per heavy atom. The van der Waals surface area contributed by atoms with Crippen molar-refractivity contribution in [2.24, 2.45) is 0 Å². The van der Waals surface area contributed by atoms with E-state index in [1.807, 2.05) is 37.4 Å². The van der Waals surface area contributed by atoms with Crippen molar-refractivity contribution >= 4 is 17.4 Å². The molecule has 0 bridgehead atoms. The SMILES string of the molecule is CNc1ccc(COc2ccccc2Cl)cn1. The number of ether oxygens (including phenoxy) is 1. The van der Waals surface area contributed by atoms with Crippen LogP contribution in [0.4, 0.5) is 5.82 Å². The fourth-order valence-electron chi connectivity index (χ4n) is 1.38. The van der Waals surface area contributed by atoms with Gasteiger partial charge in [-0.2, -0.15) is 0 Å². The lowest BCUT2D eigenvalue weighted by Crippen LogP contribution is -1.98. The summed E-state index contributed by atoms with van der Waals surface area (Å²) in [7, 11) is 1.84. The first kappa shape index (κ1) is 11.7. The van der Waals surface area contributed by atoms with Crippen molar-refractivity contribution in [3.8, 4) is 5.75 Å². The minimum Gasteiger partial charge on any atom is -0.487 e. The van der Waals surface area contributed by atoms with Crippen LogP contribution >= 0.6 is 11.6 Å². The highest BCUT2D eigenvalue weighted by Crippen LogP contribution is 2.23. The van der Waals surface area contributed by atoms with Gasteiger partial charge in [0.25, 0.3) is 0 Å². The fraction of sp³-hybridized carbons (Fsp3) is 0.154. The van der Waals surface area contributed by atoms with Gasteiger partial charge < -0.3 is 10.1 Å². The van der Waals surface area contributed by atoms with Crippen molar-refractivity contribution in [3.63, 3.8) is 0 Å². The Balaban J connectivity index is 2.00. The van der Waals surface area contributed by atoms with Gasteiger partial charge in [-0.05, 0) is 18.2 Å². The summed E-state index contributed by atoms with van der Waals surface area (Å²) in [5.74, 6) is 1.53. The zero-order valence-corrected chi connectivity index (χ0v) is 10.2. The molecule has 1 N–H and O–H groups in total. The Kier molecular flexibility index (Phi) is 3.83. The Labute approximate surface area is 105 Å². The third-order valence-electron chi connectivity index (χ3n) is 2.31. The van der Waals surface area contributed by atoms with Crippen LogP contribution < -0.4 is 10.1 Å². The monoisotopic (exact) mass is 248 g/mol. The molecule has 17 heavy (non-hydrogen) atoms. The van der Waals surface area contributed by atoms with Crippen LogP contribution in [0.5, 0.6) is 5.75 Å². The van der Waals surface area contributed by atoms with Gasteiger partial charge in [0, 0.05) is 18.8 Å². The molecule has 0 spiro atoms. The van der Waals surface area contributed by atoms with E-state index < -0.39 is 0 Å². The lowest BCUT2D eigenvalue weighted by atomic mass is 10.3. The maximum Gasteiger partial charge on any atom is 0.138 e. The van der Waals surface area contributed by atoms with E-state index in [1.54, 1.807) is 12.3 Å². The average molecular weight is 249 g/mol. The highest BCUT2D eigenvalue weighted by atomic mass is 35.5. The summed E-state index contributed by atoms with van der Waals surface area (Å²) < 4.78 is 5.60. The van der Waals surface area contributed by atoms with Crippen LogP contribution in [0.1, 0.15) is 5.56 Å². The van der Waals surface area contributed by atoms with E-state index in [0.29, 0.717) is 17.4 Å². The van der Waals surface area contributed by atoms with Crippen molar-refractivity contribution < 1.29 is 4.74 Å². The van der Waals surface area contributed by atoms with Gasteiger partial charge in [-0.1, -0.05) is 29.8 Å². The molecule has 0 amide bonds. The number of benzene rings is 1. The molecular formula is C13H13ClN2O. The van der Waals surface area contributed by atoms with E-state index in [9.17, 15) is 0 Å². The number of aromatic nitrogens is 1. The molecule has 1 aromatic carbocycles. The quantitative estimate of drug-likeness (QED) is 0.901. The summed E-state index contributed by atoms with van der Waals surface area (Å²) in [6, 6.07) is 11.3. The van der Waals surface area contributed by atoms with E-state index in [4.69, 9.17) is 16.3 Å². The summed E-state index contributed by atoms with van der Waals surface area (Å²) in [6.45, 7) is 0.459. The second-order valence-electron chi connectivity index (χ2n) is 3.52. The second kappa shape index (κ2) is 5.55. The summed E-state index contributed by atoms with van der Waals surface area (Å²) in [5, 5.41) is 3.58. The van der Waals surface area contributed by atoms with Crippen molar-refractivity contribution in [3.05, 3.63) is 53.2 Å². The standard InChI is InChI=1S/C13H13ClN2O/c1-15-13-7-6-10(8-16-13)9-17-12-5-3-2-4-11(12)14/h2-8H,9H2,1H3,(H,15,16). The predicted octanol–water partition coefficient (Wildman–Crippen LogP) is 3.36. The van der Waals surface area contributed by atoms with Crippen LogP contribution in [0.25, 0.3) is 0 Å². The van der Waals surface area contributed by atoms with Gasteiger partial charge in [0.15, 0.2) is 0 Å². The van der Waals surface area contributed by atoms with Crippen LogP contribution in [0.2, 0.25) is 5.02 Å². The average Bonchev–Trinajstić information content (AvgIpc) is 2.38. The van der Waals surface area contributed by atoms with E-state index in [0.717, 1.165) is 11.4 Å². The molecule has 0 fully saturated rings. The largest absolute Gasteiger partial charge is 0.487 e. The number of anilines is 1. The van der Waals surface area contributed by atoms with Gasteiger partial charge in [-0.3, -0.25) is 0 Å². The first-order valence-electron chi connectivity index (χ1n) is 5.29. The molecule has 1 heterocycles. The van der Waals surface area contributed by atoms with E-state index >= 15 is 0 Å². The first-order valence-corrected chi connectivity index (χ1v) is 5.67. The molecule has 0 unspecified atom stereocenters. The molecule has 0 aliphatic heterocycles. The van der Waals surface area contributed by atoms with Gasteiger partial charge in [0.2, 0.25) is 0 Å². The number of hydrogen-bond donors (Lipinski definition) is 1. The number of nitrogens with one attached hydrogen (secondary N) is 1. The summed E-state index contributed by atoms with van der Waals surface area (Å²) in [4.78, 5) is 4.21. The minimum atomic E-state index is 0.459. The fourth-order valence-corrected chi connectivity index (χ4v) is 1.57. The smallest absolute Gasteiger partial charge is 0.138 e. The minimum absolute atomic E-state index is 0.459. The predicted molar refractivity (Wildman–Crippen MR) is 69.6 cm³/mol.